The summed E-state index contributed by atoms with van der Waals surface area (Å²) < 4.78 is 35.1. The van der Waals surface area contributed by atoms with E-state index < -0.39 is 16.0 Å². The number of benzene rings is 2. The van der Waals surface area contributed by atoms with Gasteiger partial charge in [-0.2, -0.15) is 0 Å². The van der Waals surface area contributed by atoms with Gasteiger partial charge in [-0.3, -0.25) is 0 Å². The molecule has 0 aliphatic heterocycles. The molecular formula is C26H29Cl2NO6S. The van der Waals surface area contributed by atoms with Crippen molar-refractivity contribution in [2.75, 3.05) is 7.11 Å². The number of aromatic hydroxyl groups is 1. The topological polar surface area (TPSA) is 116 Å². The maximum absolute atomic E-state index is 13.2. The summed E-state index contributed by atoms with van der Waals surface area (Å²) in [5.41, 5.74) is 2.18. The molecule has 2 aromatic carbocycles. The van der Waals surface area contributed by atoms with E-state index in [9.17, 15) is 18.3 Å². The van der Waals surface area contributed by atoms with Gasteiger partial charge in [0.2, 0.25) is 10.0 Å². The van der Waals surface area contributed by atoms with Crippen molar-refractivity contribution in [2.24, 2.45) is 22.4 Å². The summed E-state index contributed by atoms with van der Waals surface area (Å²) in [4.78, 5) is 12.8. The molecule has 0 saturated heterocycles. The number of carbonyl (C=O) groups excluding carboxylic acids is 1. The minimum absolute atomic E-state index is 0.0156. The van der Waals surface area contributed by atoms with E-state index in [-0.39, 0.29) is 37.8 Å². The number of phenolic OH excluding ortho intramolecular Hbond substituents is 1. The van der Waals surface area contributed by atoms with Crippen LogP contribution < -0.4 is 9.88 Å². The number of hydrogen-bond donors (Lipinski definition) is 2. The Kier molecular flexibility index (Phi) is 6.47. The van der Waals surface area contributed by atoms with Crippen LogP contribution in [0.5, 0.6) is 11.5 Å². The fourth-order valence-electron chi connectivity index (χ4n) is 6.99. The second kappa shape index (κ2) is 9.08. The van der Waals surface area contributed by atoms with Crippen molar-refractivity contribution in [3.8, 4) is 11.5 Å². The van der Waals surface area contributed by atoms with Gasteiger partial charge in [-0.15, -0.1) is 0 Å². The minimum Gasteiger partial charge on any atom is -0.504 e. The first-order valence-electron chi connectivity index (χ1n) is 12.1. The molecule has 5 rings (SSSR count). The van der Waals surface area contributed by atoms with E-state index in [4.69, 9.17) is 37.8 Å². The molecule has 0 spiro atoms. The molecule has 10 heteroatoms. The van der Waals surface area contributed by atoms with E-state index in [2.05, 4.69) is 6.92 Å². The zero-order valence-corrected chi connectivity index (χ0v) is 22.4. The average molecular weight is 554 g/mol. The molecule has 36 heavy (non-hydrogen) atoms. The summed E-state index contributed by atoms with van der Waals surface area (Å²) in [5, 5.41) is 15.3. The molecule has 2 aromatic rings. The van der Waals surface area contributed by atoms with Crippen LogP contribution in [0.3, 0.4) is 0 Å². The fourth-order valence-corrected chi connectivity index (χ4v) is 8.39. The van der Waals surface area contributed by atoms with Crippen molar-refractivity contribution in [1.82, 2.24) is 0 Å². The smallest absolute Gasteiger partial charge is 0.339 e. The summed E-state index contributed by atoms with van der Waals surface area (Å²) >= 11 is 12.2. The van der Waals surface area contributed by atoms with Gasteiger partial charge >= 0.3 is 5.97 Å². The maximum atomic E-state index is 13.2. The molecule has 0 amide bonds. The number of aryl methyl sites for hydroxylation is 1. The van der Waals surface area contributed by atoms with Crippen LogP contribution in [-0.4, -0.2) is 32.7 Å². The monoisotopic (exact) mass is 553 g/mol. The average Bonchev–Trinajstić information content (AvgIpc) is 3.13. The molecule has 5 atom stereocenters. The Morgan fingerprint density at radius 1 is 1.11 bits per heavy atom. The Bertz CT molecular complexity index is 1350. The molecule has 0 bridgehead atoms. The normalized spacial score (nSPS) is 29.1. The third-order valence-corrected chi connectivity index (χ3v) is 10.4. The zero-order valence-electron chi connectivity index (χ0n) is 20.1. The molecular weight excluding hydrogens is 525 g/mol. The maximum Gasteiger partial charge on any atom is 0.339 e. The van der Waals surface area contributed by atoms with Gasteiger partial charge < -0.3 is 14.6 Å². The number of halogens is 2. The van der Waals surface area contributed by atoms with E-state index in [1.165, 1.54) is 17.2 Å². The van der Waals surface area contributed by atoms with Crippen molar-refractivity contribution < 1.29 is 27.8 Å². The highest BCUT2D eigenvalue weighted by molar-refractivity contribution is 7.89. The van der Waals surface area contributed by atoms with E-state index in [0.717, 1.165) is 44.6 Å². The van der Waals surface area contributed by atoms with Gasteiger partial charge in [0.05, 0.1) is 22.7 Å². The first-order valence-corrected chi connectivity index (χ1v) is 14.4. The lowest BCUT2D eigenvalue weighted by Gasteiger charge is -2.50. The predicted octanol–water partition coefficient (Wildman–Crippen LogP) is 5.44. The number of nitrogens with two attached hydrogens (primary N) is 1. The standard InChI is InChI=1S/C26H29Cl2NO6S/c1-26-8-7-14-15(4-3-13-9-21(30)22(34-2)10-16(13)14)18(26)5-6-24(26)35-25(31)17-11-23(36(29,32)33)20(28)12-19(17)27/h9-12,14-15,18,24,30H,3-8H2,1-2H3,(H2,29,32,33)/t14-,15+,18-,24-,26-/m0/s1. The molecule has 2 saturated carbocycles. The van der Waals surface area contributed by atoms with Crippen LogP contribution in [0.1, 0.15) is 66.4 Å². The van der Waals surface area contributed by atoms with Gasteiger partial charge in [0, 0.05) is 5.41 Å². The minimum atomic E-state index is -4.13. The molecule has 3 N–H and O–H groups in total. The number of ether oxygens (including phenoxy) is 2. The summed E-state index contributed by atoms with van der Waals surface area (Å²) in [6, 6.07) is 6.12. The fraction of sp³-hybridized carbons (Fsp3) is 0.500. The van der Waals surface area contributed by atoms with Crippen molar-refractivity contribution in [3.05, 3.63) is 51.0 Å². The number of sulfonamides is 1. The van der Waals surface area contributed by atoms with Gasteiger partial charge in [0.1, 0.15) is 11.0 Å². The highest BCUT2D eigenvalue weighted by atomic mass is 35.5. The zero-order chi connectivity index (χ0) is 26.0. The van der Waals surface area contributed by atoms with E-state index >= 15 is 0 Å². The van der Waals surface area contributed by atoms with Crippen LogP contribution >= 0.6 is 23.2 Å². The molecule has 3 aliphatic carbocycles. The number of phenols is 1. The van der Waals surface area contributed by atoms with Gasteiger partial charge in [0.15, 0.2) is 11.5 Å². The van der Waals surface area contributed by atoms with E-state index in [1.807, 2.05) is 12.1 Å². The lowest BCUT2D eigenvalue weighted by atomic mass is 9.55. The number of hydrogen-bond acceptors (Lipinski definition) is 6. The third kappa shape index (κ3) is 4.16. The van der Waals surface area contributed by atoms with Crippen molar-refractivity contribution in [1.29, 1.82) is 0 Å². The Labute approximate surface area is 220 Å². The first kappa shape index (κ1) is 25.6. The van der Waals surface area contributed by atoms with Crippen LogP contribution in [0, 0.1) is 17.3 Å². The lowest BCUT2D eigenvalue weighted by Crippen LogP contribution is -2.45. The SMILES string of the molecule is COc1cc2c(cc1O)CC[C@@H]1[C@@H]2CC[C@]2(C)[C@@H](OC(=O)c3cc(S(N)(=O)=O)c(Cl)cc3Cl)CC[C@@H]12. The van der Waals surface area contributed by atoms with Gasteiger partial charge in [0.25, 0.3) is 0 Å². The van der Waals surface area contributed by atoms with Crippen molar-refractivity contribution in [2.45, 2.75) is 62.4 Å². The largest absolute Gasteiger partial charge is 0.504 e. The highest BCUT2D eigenvalue weighted by Crippen LogP contribution is 2.62. The Morgan fingerprint density at radius 2 is 1.86 bits per heavy atom. The van der Waals surface area contributed by atoms with Crippen LogP contribution in [0.4, 0.5) is 0 Å². The van der Waals surface area contributed by atoms with Crippen molar-refractivity contribution >= 4 is 39.2 Å². The molecule has 0 heterocycles. The summed E-state index contributed by atoms with van der Waals surface area (Å²) in [5.74, 6) is 1.20. The molecule has 0 aromatic heterocycles. The van der Waals surface area contributed by atoms with Gasteiger partial charge in [-0.05, 0) is 91.7 Å². The van der Waals surface area contributed by atoms with Crippen LogP contribution in [0.15, 0.2) is 29.2 Å². The number of methoxy groups -OCH3 is 1. The highest BCUT2D eigenvalue weighted by Gasteiger charge is 2.56. The van der Waals surface area contributed by atoms with Crippen LogP contribution in [0.25, 0.3) is 0 Å². The first-order chi connectivity index (χ1) is 16.9. The van der Waals surface area contributed by atoms with Gasteiger partial charge in [-0.1, -0.05) is 30.1 Å². The van der Waals surface area contributed by atoms with Crippen LogP contribution in [0.2, 0.25) is 10.0 Å². The second-order valence-electron chi connectivity index (χ2n) is 10.5. The number of fused-ring (bicyclic) bond motifs is 5. The summed E-state index contributed by atoms with van der Waals surface area (Å²) in [6.45, 7) is 2.20. The molecule has 194 valence electrons. The van der Waals surface area contributed by atoms with Crippen molar-refractivity contribution in [3.63, 3.8) is 0 Å². The Hall–Kier alpha value is -2.00. The Morgan fingerprint density at radius 3 is 2.56 bits per heavy atom. The van der Waals surface area contributed by atoms with Gasteiger partial charge in [-0.25, -0.2) is 18.4 Å². The van der Waals surface area contributed by atoms with Crippen LogP contribution in [-0.2, 0) is 21.2 Å². The molecule has 2 fully saturated rings. The van der Waals surface area contributed by atoms with E-state index in [1.54, 1.807) is 7.11 Å². The summed E-state index contributed by atoms with van der Waals surface area (Å²) in [7, 11) is -2.57. The predicted molar refractivity (Wildman–Crippen MR) is 136 cm³/mol. The molecule has 3 aliphatic rings. The number of esters is 1. The number of primary sulfonamides is 1. The second-order valence-corrected chi connectivity index (χ2v) is 12.8. The number of carbonyl (C=O) groups is 1. The quantitative estimate of drug-likeness (QED) is 0.487. The summed E-state index contributed by atoms with van der Waals surface area (Å²) in [6.07, 6.45) is 5.11. The third-order valence-electron chi connectivity index (χ3n) is 8.73. The molecule has 0 unspecified atom stereocenters. The Balaban J connectivity index is 1.39. The van der Waals surface area contributed by atoms with E-state index in [0.29, 0.717) is 23.5 Å². The molecule has 0 radical (unpaired) electrons. The number of rotatable bonds is 4. The lowest BCUT2D eigenvalue weighted by molar-refractivity contribution is -0.0428. The molecule has 7 nitrogen and oxygen atoms in total.